The summed E-state index contributed by atoms with van der Waals surface area (Å²) >= 11 is 0. The lowest BCUT2D eigenvalue weighted by atomic mass is 10.0. The smallest absolute Gasteiger partial charge is 0.315 e. The Morgan fingerprint density at radius 2 is 1.88 bits per heavy atom. The number of halogens is 2. The third kappa shape index (κ3) is 4.96. The molecule has 0 spiro atoms. The highest BCUT2D eigenvalue weighted by molar-refractivity contribution is 5.74. The second-order valence-corrected chi connectivity index (χ2v) is 5.98. The van der Waals surface area contributed by atoms with Gasteiger partial charge in [0.1, 0.15) is 11.6 Å². The van der Waals surface area contributed by atoms with Gasteiger partial charge in [-0.2, -0.15) is 0 Å². The Bertz CT molecular complexity index is 689. The van der Waals surface area contributed by atoms with Crippen LogP contribution in [-0.4, -0.2) is 36.6 Å². The quantitative estimate of drug-likeness (QED) is 0.844. The number of urea groups is 1. The van der Waals surface area contributed by atoms with E-state index < -0.39 is 23.7 Å². The zero-order valence-corrected chi connectivity index (χ0v) is 14.5. The van der Waals surface area contributed by atoms with Crippen molar-refractivity contribution in [2.45, 2.75) is 19.0 Å². The van der Waals surface area contributed by atoms with Gasteiger partial charge in [-0.05, 0) is 44.8 Å². The van der Waals surface area contributed by atoms with E-state index in [1.165, 1.54) is 18.2 Å². The van der Waals surface area contributed by atoms with Crippen molar-refractivity contribution < 1.29 is 13.6 Å². The van der Waals surface area contributed by atoms with Crippen molar-refractivity contribution >= 4 is 6.03 Å². The first-order valence-corrected chi connectivity index (χ1v) is 7.94. The molecule has 25 heavy (non-hydrogen) atoms. The van der Waals surface area contributed by atoms with Gasteiger partial charge in [-0.3, -0.25) is 4.98 Å². The minimum Gasteiger partial charge on any atom is -0.336 e. The van der Waals surface area contributed by atoms with Crippen LogP contribution in [0.25, 0.3) is 0 Å². The largest absolute Gasteiger partial charge is 0.336 e. The second kappa shape index (κ2) is 8.53. The van der Waals surface area contributed by atoms with E-state index in [1.54, 1.807) is 37.5 Å². The van der Waals surface area contributed by atoms with Crippen LogP contribution in [0, 0.1) is 11.6 Å². The third-order valence-corrected chi connectivity index (χ3v) is 3.94. The van der Waals surface area contributed by atoms with E-state index in [9.17, 15) is 13.6 Å². The van der Waals surface area contributed by atoms with E-state index >= 15 is 0 Å². The summed E-state index contributed by atoms with van der Waals surface area (Å²) in [5.41, 5.74) is 0.801. The fourth-order valence-electron chi connectivity index (χ4n) is 2.52. The van der Waals surface area contributed by atoms with Gasteiger partial charge in [0.05, 0.1) is 12.1 Å². The summed E-state index contributed by atoms with van der Waals surface area (Å²) in [5.74, 6) is -1.27. The molecule has 0 fully saturated rings. The standard InChI is InChI=1S/C18H22F2N4O/c1-12(13-6-5-9-21-10-13)23-18(25)22-11-16(24(2)3)17-14(19)7-4-8-15(17)20/h4-10,12,16H,11H2,1-3H3,(H2,22,23,25)/t12-,16-/m1/s1. The lowest BCUT2D eigenvalue weighted by Gasteiger charge is -2.26. The van der Waals surface area contributed by atoms with Gasteiger partial charge in [0.25, 0.3) is 0 Å². The van der Waals surface area contributed by atoms with Gasteiger partial charge in [-0.15, -0.1) is 0 Å². The van der Waals surface area contributed by atoms with Gasteiger partial charge in [0.2, 0.25) is 0 Å². The maximum atomic E-state index is 14.0. The van der Waals surface area contributed by atoms with Crippen LogP contribution in [0.4, 0.5) is 13.6 Å². The summed E-state index contributed by atoms with van der Waals surface area (Å²) in [6.07, 6.45) is 3.32. The normalized spacial score (nSPS) is 13.4. The van der Waals surface area contributed by atoms with Gasteiger partial charge < -0.3 is 15.5 Å². The number of nitrogens with zero attached hydrogens (tertiary/aromatic N) is 2. The molecule has 0 unspecified atom stereocenters. The molecule has 0 saturated heterocycles. The monoisotopic (exact) mass is 348 g/mol. The van der Waals surface area contributed by atoms with Gasteiger partial charge in [0, 0.05) is 24.5 Å². The molecule has 1 aromatic carbocycles. The van der Waals surface area contributed by atoms with Crippen LogP contribution in [0.1, 0.15) is 30.1 Å². The highest BCUT2D eigenvalue weighted by atomic mass is 19.1. The Hall–Kier alpha value is -2.54. The van der Waals surface area contributed by atoms with E-state index in [0.29, 0.717) is 0 Å². The highest BCUT2D eigenvalue weighted by Crippen LogP contribution is 2.23. The molecule has 5 nitrogen and oxygen atoms in total. The molecule has 7 heteroatoms. The van der Waals surface area contributed by atoms with Crippen LogP contribution < -0.4 is 10.6 Å². The summed E-state index contributed by atoms with van der Waals surface area (Å²) in [4.78, 5) is 17.8. The van der Waals surface area contributed by atoms with Gasteiger partial charge in [-0.1, -0.05) is 12.1 Å². The molecule has 1 heterocycles. The molecular formula is C18H22F2N4O. The molecule has 2 N–H and O–H groups in total. The maximum absolute atomic E-state index is 14.0. The number of carbonyl (C=O) groups excluding carboxylic acids is 1. The molecule has 0 aliphatic carbocycles. The predicted octanol–water partition coefficient (Wildman–Crippen LogP) is 3.02. The summed E-state index contributed by atoms with van der Waals surface area (Å²) in [5, 5.41) is 5.45. The fraction of sp³-hybridized carbons (Fsp3) is 0.333. The van der Waals surface area contributed by atoms with Crippen molar-refractivity contribution in [3.63, 3.8) is 0 Å². The minimum atomic E-state index is -0.635. The molecular weight excluding hydrogens is 326 g/mol. The molecule has 2 amide bonds. The van der Waals surface area contributed by atoms with Crippen LogP contribution in [0.5, 0.6) is 0 Å². The Labute approximate surface area is 146 Å². The zero-order valence-electron chi connectivity index (χ0n) is 14.5. The van der Waals surface area contributed by atoms with Crippen LogP contribution in [0.3, 0.4) is 0 Å². The first kappa shape index (κ1) is 18.8. The number of carbonyl (C=O) groups is 1. The molecule has 0 aliphatic rings. The molecule has 134 valence electrons. The number of likely N-dealkylation sites (N-methyl/N-ethyl adjacent to an activating group) is 1. The fourth-order valence-corrected chi connectivity index (χ4v) is 2.52. The molecule has 2 atom stereocenters. The van der Waals surface area contributed by atoms with Crippen LogP contribution >= 0.6 is 0 Å². The van der Waals surface area contributed by atoms with Crippen molar-refractivity contribution in [3.8, 4) is 0 Å². The Kier molecular flexibility index (Phi) is 6.41. The van der Waals surface area contributed by atoms with Crippen molar-refractivity contribution in [1.29, 1.82) is 0 Å². The average Bonchev–Trinajstić information content (AvgIpc) is 2.57. The topological polar surface area (TPSA) is 57.3 Å². The number of pyridine rings is 1. The molecule has 0 bridgehead atoms. The van der Waals surface area contributed by atoms with Crippen molar-refractivity contribution in [3.05, 3.63) is 65.5 Å². The summed E-state index contributed by atoms with van der Waals surface area (Å²) < 4.78 is 28.0. The molecule has 2 rings (SSSR count). The first-order chi connectivity index (χ1) is 11.9. The maximum Gasteiger partial charge on any atom is 0.315 e. The number of hydrogen-bond acceptors (Lipinski definition) is 3. The van der Waals surface area contributed by atoms with Crippen LogP contribution in [0.2, 0.25) is 0 Å². The van der Waals surface area contributed by atoms with Gasteiger partial charge >= 0.3 is 6.03 Å². The van der Waals surface area contributed by atoms with E-state index in [1.807, 2.05) is 13.0 Å². The molecule has 0 saturated carbocycles. The Morgan fingerprint density at radius 1 is 1.20 bits per heavy atom. The third-order valence-electron chi connectivity index (χ3n) is 3.94. The molecule has 0 radical (unpaired) electrons. The summed E-state index contributed by atoms with van der Waals surface area (Å²) in [6.45, 7) is 1.90. The number of benzene rings is 1. The van der Waals surface area contributed by atoms with Gasteiger partial charge in [0.15, 0.2) is 0 Å². The SMILES string of the molecule is C[C@@H](NC(=O)NC[C@H](c1c(F)cccc1F)N(C)C)c1cccnc1. The number of nitrogens with one attached hydrogen (secondary N) is 2. The number of hydrogen-bond donors (Lipinski definition) is 2. The number of amides is 2. The summed E-state index contributed by atoms with van der Waals surface area (Å²) in [7, 11) is 3.41. The first-order valence-electron chi connectivity index (χ1n) is 7.94. The van der Waals surface area contributed by atoms with Crippen molar-refractivity contribution in [1.82, 2.24) is 20.5 Å². The van der Waals surface area contributed by atoms with E-state index in [4.69, 9.17) is 0 Å². The number of rotatable bonds is 6. The minimum absolute atomic E-state index is 0.0619. The van der Waals surface area contributed by atoms with Crippen LogP contribution in [0.15, 0.2) is 42.7 Å². The predicted molar refractivity (Wildman–Crippen MR) is 92.0 cm³/mol. The molecule has 1 aromatic heterocycles. The lowest BCUT2D eigenvalue weighted by molar-refractivity contribution is 0.228. The summed E-state index contributed by atoms with van der Waals surface area (Å²) in [6, 6.07) is 6.09. The zero-order chi connectivity index (χ0) is 18.4. The Morgan fingerprint density at radius 3 is 2.44 bits per heavy atom. The molecule has 0 aliphatic heterocycles. The van der Waals surface area contributed by atoms with Gasteiger partial charge in [-0.25, -0.2) is 13.6 Å². The van der Waals surface area contributed by atoms with Crippen molar-refractivity contribution in [2.24, 2.45) is 0 Å². The van der Waals surface area contributed by atoms with E-state index in [-0.39, 0.29) is 18.2 Å². The van der Waals surface area contributed by atoms with Crippen molar-refractivity contribution in [2.75, 3.05) is 20.6 Å². The Balaban J connectivity index is 2.01. The molecule has 2 aromatic rings. The van der Waals surface area contributed by atoms with E-state index in [0.717, 1.165) is 5.56 Å². The second-order valence-electron chi connectivity index (χ2n) is 5.98. The van der Waals surface area contributed by atoms with E-state index in [2.05, 4.69) is 15.6 Å². The average molecular weight is 348 g/mol. The number of aromatic nitrogens is 1. The highest BCUT2D eigenvalue weighted by Gasteiger charge is 2.23. The van der Waals surface area contributed by atoms with Crippen LogP contribution in [-0.2, 0) is 0 Å². The lowest BCUT2D eigenvalue weighted by Crippen LogP contribution is -2.41.